The molecule has 1 aliphatic rings. The molecule has 1 rings (SSSR count). The zero-order valence-electron chi connectivity index (χ0n) is 7.45. The van der Waals surface area contributed by atoms with Crippen molar-refractivity contribution < 1.29 is 14.4 Å². The Morgan fingerprint density at radius 1 is 1.67 bits per heavy atom. The summed E-state index contributed by atoms with van der Waals surface area (Å²) < 4.78 is 4.83. The van der Waals surface area contributed by atoms with Crippen molar-refractivity contribution in [2.24, 2.45) is 0 Å². The highest BCUT2D eigenvalue weighted by Gasteiger charge is 2.20. The molecule has 0 unspecified atom stereocenters. The number of hydrogen-bond acceptors (Lipinski definition) is 4. The lowest BCUT2D eigenvalue weighted by Gasteiger charge is -2.31. The van der Waals surface area contributed by atoms with E-state index in [1.165, 1.54) is 0 Å². The first-order valence-corrected chi connectivity index (χ1v) is 3.99. The molecule has 1 heterocycles. The van der Waals surface area contributed by atoms with E-state index in [2.05, 4.69) is 0 Å². The van der Waals surface area contributed by atoms with Crippen LogP contribution in [-0.4, -0.2) is 49.5 Å². The summed E-state index contributed by atoms with van der Waals surface area (Å²) in [7, 11) is 1.78. The van der Waals surface area contributed by atoms with Gasteiger partial charge in [0.15, 0.2) is 0 Å². The molecule has 0 aromatic rings. The van der Waals surface area contributed by atoms with Gasteiger partial charge in [-0.05, 0) is 6.92 Å². The minimum atomic E-state index is -0.271. The number of nitrogens with zero attached hydrogens (tertiary/aromatic N) is 2. The summed E-state index contributed by atoms with van der Waals surface area (Å²) in [5, 5.41) is 1.61. The fourth-order valence-corrected chi connectivity index (χ4v) is 1.02. The Bertz CT molecular complexity index is 163. The van der Waals surface area contributed by atoms with Crippen LogP contribution in [0.5, 0.6) is 0 Å². The number of hydroxylamine groups is 2. The van der Waals surface area contributed by atoms with Gasteiger partial charge >= 0.3 is 6.09 Å². The van der Waals surface area contributed by atoms with Crippen LogP contribution >= 0.6 is 0 Å². The normalized spacial score (nSPS) is 19.3. The van der Waals surface area contributed by atoms with Crippen molar-refractivity contribution in [1.29, 1.82) is 0 Å². The quantitative estimate of drug-likeness (QED) is 0.572. The van der Waals surface area contributed by atoms with Gasteiger partial charge in [-0.25, -0.2) is 4.79 Å². The Hall–Kier alpha value is -0.810. The van der Waals surface area contributed by atoms with Crippen molar-refractivity contribution >= 4 is 6.09 Å². The molecular formula is C7H14N2O3. The van der Waals surface area contributed by atoms with Crippen LogP contribution < -0.4 is 0 Å². The van der Waals surface area contributed by atoms with Crippen molar-refractivity contribution in [2.45, 2.75) is 6.92 Å². The van der Waals surface area contributed by atoms with Gasteiger partial charge in [0.2, 0.25) is 0 Å². The summed E-state index contributed by atoms with van der Waals surface area (Å²) in [5.74, 6) is 0. The molecule has 12 heavy (non-hydrogen) atoms. The molecule has 0 spiro atoms. The van der Waals surface area contributed by atoms with E-state index < -0.39 is 0 Å². The standard InChI is InChI=1S/C7H14N2O3/c1-3-11-7(10)9-4-5-12-8(2)6-9/h3-6H2,1-2H3. The number of carbonyl (C=O) groups excluding carboxylic acids is 1. The van der Waals surface area contributed by atoms with E-state index in [1.54, 1.807) is 23.9 Å². The zero-order chi connectivity index (χ0) is 8.97. The molecule has 5 heteroatoms. The second-order valence-electron chi connectivity index (χ2n) is 2.56. The molecule has 70 valence electrons. The predicted octanol–water partition coefficient (Wildman–Crippen LogP) is 0.279. The minimum Gasteiger partial charge on any atom is -0.450 e. The van der Waals surface area contributed by atoms with Gasteiger partial charge in [0.1, 0.15) is 6.67 Å². The second kappa shape index (κ2) is 4.27. The molecular weight excluding hydrogens is 160 g/mol. The number of carbonyl (C=O) groups is 1. The van der Waals surface area contributed by atoms with Gasteiger partial charge in [-0.1, -0.05) is 0 Å². The highest BCUT2D eigenvalue weighted by Crippen LogP contribution is 2.02. The molecule has 0 aromatic heterocycles. The summed E-state index contributed by atoms with van der Waals surface area (Å²) in [6.07, 6.45) is -0.271. The Balaban J connectivity index is 2.35. The number of hydrogen-bond donors (Lipinski definition) is 0. The Labute approximate surface area is 71.8 Å². The van der Waals surface area contributed by atoms with E-state index in [0.29, 0.717) is 26.4 Å². The lowest BCUT2D eigenvalue weighted by molar-refractivity contribution is -0.194. The first-order valence-electron chi connectivity index (χ1n) is 3.99. The Morgan fingerprint density at radius 3 is 3.00 bits per heavy atom. The van der Waals surface area contributed by atoms with Gasteiger partial charge in [-0.2, -0.15) is 5.06 Å². The highest BCUT2D eigenvalue weighted by molar-refractivity contribution is 5.67. The summed E-state index contributed by atoms with van der Waals surface area (Å²) >= 11 is 0. The van der Waals surface area contributed by atoms with E-state index in [4.69, 9.17) is 9.57 Å². The average Bonchev–Trinajstić information content (AvgIpc) is 2.05. The molecule has 1 fully saturated rings. The molecule has 0 saturated carbocycles. The van der Waals surface area contributed by atoms with Crippen LogP contribution in [0.3, 0.4) is 0 Å². The SMILES string of the molecule is CCOC(=O)N1CCON(C)C1. The summed E-state index contributed by atoms with van der Waals surface area (Å²) in [6.45, 7) is 3.82. The molecule has 1 aliphatic heterocycles. The molecule has 0 radical (unpaired) electrons. The minimum absolute atomic E-state index is 0.271. The molecule has 0 bridgehead atoms. The zero-order valence-corrected chi connectivity index (χ0v) is 7.45. The number of amides is 1. The van der Waals surface area contributed by atoms with Crippen molar-refractivity contribution in [3.8, 4) is 0 Å². The van der Waals surface area contributed by atoms with Crippen LogP contribution in [0.4, 0.5) is 4.79 Å². The molecule has 0 atom stereocenters. The third kappa shape index (κ3) is 2.35. The summed E-state index contributed by atoms with van der Waals surface area (Å²) in [6, 6.07) is 0. The summed E-state index contributed by atoms with van der Waals surface area (Å²) in [5.41, 5.74) is 0. The predicted molar refractivity (Wildman–Crippen MR) is 42.3 cm³/mol. The van der Waals surface area contributed by atoms with Crippen LogP contribution in [-0.2, 0) is 9.57 Å². The van der Waals surface area contributed by atoms with Gasteiger partial charge in [0.25, 0.3) is 0 Å². The molecule has 1 amide bonds. The lowest BCUT2D eigenvalue weighted by atomic mass is 10.5. The second-order valence-corrected chi connectivity index (χ2v) is 2.56. The molecule has 1 saturated heterocycles. The lowest BCUT2D eigenvalue weighted by Crippen LogP contribution is -2.47. The van der Waals surface area contributed by atoms with Crippen LogP contribution in [0.15, 0.2) is 0 Å². The van der Waals surface area contributed by atoms with E-state index >= 15 is 0 Å². The summed E-state index contributed by atoms with van der Waals surface area (Å²) in [4.78, 5) is 17.9. The molecule has 0 aromatic carbocycles. The molecule has 0 N–H and O–H groups in total. The molecule has 0 aliphatic carbocycles. The maximum Gasteiger partial charge on any atom is 0.410 e. The smallest absolute Gasteiger partial charge is 0.410 e. The van der Waals surface area contributed by atoms with Crippen LogP contribution in [0.1, 0.15) is 6.92 Å². The number of ether oxygens (including phenoxy) is 1. The third-order valence-electron chi connectivity index (χ3n) is 1.57. The van der Waals surface area contributed by atoms with Gasteiger partial charge < -0.3 is 4.74 Å². The first-order chi connectivity index (χ1) is 5.74. The van der Waals surface area contributed by atoms with E-state index in [0.717, 1.165) is 0 Å². The topological polar surface area (TPSA) is 42.0 Å². The molecule has 5 nitrogen and oxygen atoms in total. The largest absolute Gasteiger partial charge is 0.450 e. The maximum atomic E-state index is 11.2. The van der Waals surface area contributed by atoms with Crippen LogP contribution in [0.2, 0.25) is 0 Å². The Kier molecular flexibility index (Phi) is 3.31. The van der Waals surface area contributed by atoms with Crippen molar-refractivity contribution in [3.63, 3.8) is 0 Å². The van der Waals surface area contributed by atoms with Crippen LogP contribution in [0.25, 0.3) is 0 Å². The van der Waals surface area contributed by atoms with E-state index in [-0.39, 0.29) is 6.09 Å². The van der Waals surface area contributed by atoms with Crippen molar-refractivity contribution in [2.75, 3.05) is 33.5 Å². The highest BCUT2D eigenvalue weighted by atomic mass is 16.7. The Morgan fingerprint density at radius 2 is 2.42 bits per heavy atom. The monoisotopic (exact) mass is 174 g/mol. The van der Waals surface area contributed by atoms with Crippen molar-refractivity contribution in [3.05, 3.63) is 0 Å². The van der Waals surface area contributed by atoms with E-state index in [9.17, 15) is 4.79 Å². The first kappa shape index (κ1) is 9.28. The van der Waals surface area contributed by atoms with Gasteiger partial charge in [0, 0.05) is 7.05 Å². The fraction of sp³-hybridized carbons (Fsp3) is 0.857. The average molecular weight is 174 g/mol. The van der Waals surface area contributed by atoms with Gasteiger partial charge in [-0.3, -0.25) is 9.74 Å². The van der Waals surface area contributed by atoms with E-state index in [1.807, 2.05) is 0 Å². The van der Waals surface area contributed by atoms with Gasteiger partial charge in [0.05, 0.1) is 19.8 Å². The fourth-order valence-electron chi connectivity index (χ4n) is 1.02. The van der Waals surface area contributed by atoms with Crippen LogP contribution in [0, 0.1) is 0 Å². The third-order valence-corrected chi connectivity index (χ3v) is 1.57. The van der Waals surface area contributed by atoms with Gasteiger partial charge in [-0.15, -0.1) is 0 Å². The van der Waals surface area contributed by atoms with Crippen molar-refractivity contribution in [1.82, 2.24) is 9.96 Å². The maximum absolute atomic E-state index is 11.2. The number of rotatable bonds is 1.